The quantitative estimate of drug-likeness (QED) is 0.602. The molecule has 0 atom stereocenters. The molecule has 0 fully saturated rings. The molecule has 1 aromatic carbocycles. The molecule has 0 aliphatic heterocycles. The summed E-state index contributed by atoms with van der Waals surface area (Å²) in [5.74, 6) is 0.874. The van der Waals surface area contributed by atoms with Crippen molar-refractivity contribution in [2.24, 2.45) is 0 Å². The van der Waals surface area contributed by atoms with E-state index in [1.54, 1.807) is 18.6 Å². The van der Waals surface area contributed by atoms with Crippen LogP contribution in [-0.2, 0) is 6.42 Å². The number of pyridine rings is 1. The van der Waals surface area contributed by atoms with E-state index in [2.05, 4.69) is 24.9 Å². The van der Waals surface area contributed by atoms with Gasteiger partial charge in [-0.05, 0) is 6.07 Å². The molecule has 0 aliphatic carbocycles. The Bertz CT molecular complexity index is 882. The zero-order valence-electron chi connectivity index (χ0n) is 10.6. The van der Waals surface area contributed by atoms with Crippen LogP contribution in [0.5, 0.6) is 0 Å². The number of imidazole rings is 1. The summed E-state index contributed by atoms with van der Waals surface area (Å²) in [7, 11) is 0. The normalized spacial score (nSPS) is 11.2. The standard InChI is InChI=1S/C15H11N5/c1-2-4-12-11(3-1)15-13(9-18-12)19-14(20-15)7-10-8-16-5-6-17-10/h1-6,8-9H,7H2,(H,19,20). The Balaban J connectivity index is 1.84. The van der Waals surface area contributed by atoms with Crippen molar-refractivity contribution >= 4 is 21.9 Å². The second-order valence-corrected chi connectivity index (χ2v) is 4.59. The summed E-state index contributed by atoms with van der Waals surface area (Å²) in [5, 5.41) is 1.06. The zero-order chi connectivity index (χ0) is 13.4. The SMILES string of the molecule is c1ccc2c(c1)ncc1[nH]c(Cc3cnccn3)nc12. The van der Waals surface area contributed by atoms with Gasteiger partial charge in [-0.2, -0.15) is 0 Å². The fraction of sp³-hybridized carbons (Fsp3) is 0.0667. The molecule has 96 valence electrons. The molecule has 20 heavy (non-hydrogen) atoms. The molecule has 1 N–H and O–H groups in total. The van der Waals surface area contributed by atoms with Crippen LogP contribution in [0, 0.1) is 0 Å². The highest BCUT2D eigenvalue weighted by atomic mass is 14.9. The number of fused-ring (bicyclic) bond motifs is 3. The number of aromatic amines is 1. The molecule has 3 aromatic heterocycles. The van der Waals surface area contributed by atoms with Gasteiger partial charge in [0.1, 0.15) is 5.82 Å². The maximum atomic E-state index is 4.67. The molecule has 0 spiro atoms. The molecular weight excluding hydrogens is 250 g/mol. The first kappa shape index (κ1) is 11.0. The third-order valence-electron chi connectivity index (χ3n) is 3.24. The van der Waals surface area contributed by atoms with E-state index in [0.29, 0.717) is 6.42 Å². The van der Waals surface area contributed by atoms with Crippen LogP contribution in [0.4, 0.5) is 0 Å². The molecular formula is C15H11N5. The van der Waals surface area contributed by atoms with Gasteiger partial charge in [-0.15, -0.1) is 0 Å². The minimum Gasteiger partial charge on any atom is -0.340 e. The van der Waals surface area contributed by atoms with Gasteiger partial charge >= 0.3 is 0 Å². The monoisotopic (exact) mass is 261 g/mol. The lowest BCUT2D eigenvalue weighted by molar-refractivity contribution is 0.964. The summed E-state index contributed by atoms with van der Waals surface area (Å²) in [6.45, 7) is 0. The first-order valence-electron chi connectivity index (χ1n) is 6.37. The Morgan fingerprint density at radius 1 is 1.00 bits per heavy atom. The third kappa shape index (κ3) is 1.80. The number of hydrogen-bond acceptors (Lipinski definition) is 4. The van der Waals surface area contributed by atoms with Gasteiger partial charge in [0.2, 0.25) is 0 Å². The van der Waals surface area contributed by atoms with E-state index >= 15 is 0 Å². The number of aromatic nitrogens is 5. The van der Waals surface area contributed by atoms with Gasteiger partial charge in [-0.1, -0.05) is 18.2 Å². The fourth-order valence-corrected chi connectivity index (χ4v) is 2.33. The van der Waals surface area contributed by atoms with Crippen molar-refractivity contribution in [3.63, 3.8) is 0 Å². The van der Waals surface area contributed by atoms with Crippen LogP contribution in [0.2, 0.25) is 0 Å². The highest BCUT2D eigenvalue weighted by Gasteiger charge is 2.08. The van der Waals surface area contributed by atoms with Crippen molar-refractivity contribution in [2.75, 3.05) is 0 Å². The molecule has 5 heteroatoms. The van der Waals surface area contributed by atoms with Crippen LogP contribution in [0.1, 0.15) is 11.5 Å². The Morgan fingerprint density at radius 2 is 1.95 bits per heavy atom. The van der Waals surface area contributed by atoms with Crippen LogP contribution in [0.15, 0.2) is 49.1 Å². The smallest absolute Gasteiger partial charge is 0.113 e. The minimum absolute atomic E-state index is 0.636. The van der Waals surface area contributed by atoms with Gasteiger partial charge in [0.15, 0.2) is 0 Å². The van der Waals surface area contributed by atoms with Crippen LogP contribution >= 0.6 is 0 Å². The van der Waals surface area contributed by atoms with Crippen LogP contribution in [0.25, 0.3) is 21.9 Å². The lowest BCUT2D eigenvalue weighted by atomic mass is 10.2. The van der Waals surface area contributed by atoms with Crippen molar-refractivity contribution in [1.29, 1.82) is 0 Å². The van der Waals surface area contributed by atoms with E-state index in [1.165, 1.54) is 0 Å². The minimum atomic E-state index is 0.636. The molecule has 3 heterocycles. The van der Waals surface area contributed by atoms with Gasteiger partial charge in [0, 0.05) is 30.4 Å². The molecule has 0 saturated heterocycles. The highest BCUT2D eigenvalue weighted by Crippen LogP contribution is 2.21. The van der Waals surface area contributed by atoms with E-state index in [4.69, 9.17) is 0 Å². The number of H-pyrrole nitrogens is 1. The van der Waals surface area contributed by atoms with Gasteiger partial charge in [-0.3, -0.25) is 15.0 Å². The highest BCUT2D eigenvalue weighted by molar-refractivity contribution is 6.01. The number of nitrogens with zero attached hydrogens (tertiary/aromatic N) is 4. The van der Waals surface area contributed by atoms with Gasteiger partial charge in [0.05, 0.1) is 28.4 Å². The summed E-state index contributed by atoms with van der Waals surface area (Å²) in [5.41, 5.74) is 3.75. The molecule has 0 saturated carbocycles. The lowest BCUT2D eigenvalue weighted by Gasteiger charge is -1.95. The van der Waals surface area contributed by atoms with E-state index in [1.807, 2.05) is 30.5 Å². The predicted molar refractivity (Wildman–Crippen MR) is 76.2 cm³/mol. The topological polar surface area (TPSA) is 67.3 Å². The number of benzene rings is 1. The largest absolute Gasteiger partial charge is 0.340 e. The summed E-state index contributed by atoms with van der Waals surface area (Å²) in [6, 6.07) is 8.01. The van der Waals surface area contributed by atoms with Gasteiger partial charge in [-0.25, -0.2) is 4.98 Å². The number of rotatable bonds is 2. The first-order valence-corrected chi connectivity index (χ1v) is 6.37. The molecule has 4 rings (SSSR count). The molecule has 0 unspecified atom stereocenters. The first-order chi connectivity index (χ1) is 9.90. The van der Waals surface area contributed by atoms with E-state index in [9.17, 15) is 0 Å². The summed E-state index contributed by atoms with van der Waals surface area (Å²) >= 11 is 0. The number of hydrogen-bond donors (Lipinski definition) is 1. The van der Waals surface area contributed by atoms with Gasteiger partial charge in [0.25, 0.3) is 0 Å². The molecule has 0 amide bonds. The molecule has 0 bridgehead atoms. The zero-order valence-corrected chi connectivity index (χ0v) is 10.6. The van der Waals surface area contributed by atoms with E-state index < -0.39 is 0 Å². The lowest BCUT2D eigenvalue weighted by Crippen LogP contribution is -1.94. The van der Waals surface area contributed by atoms with E-state index in [0.717, 1.165) is 33.5 Å². The third-order valence-corrected chi connectivity index (χ3v) is 3.24. The molecule has 5 nitrogen and oxygen atoms in total. The Labute approximate surface area is 114 Å². The average Bonchev–Trinajstić information content (AvgIpc) is 2.91. The van der Waals surface area contributed by atoms with Crippen molar-refractivity contribution in [1.82, 2.24) is 24.9 Å². The Hall–Kier alpha value is -2.82. The second kappa shape index (κ2) is 4.38. The van der Waals surface area contributed by atoms with E-state index in [-0.39, 0.29) is 0 Å². The average molecular weight is 261 g/mol. The summed E-state index contributed by atoms with van der Waals surface area (Å²) in [6.07, 6.45) is 7.57. The summed E-state index contributed by atoms with van der Waals surface area (Å²) in [4.78, 5) is 20.7. The fourth-order valence-electron chi connectivity index (χ4n) is 2.33. The van der Waals surface area contributed by atoms with Gasteiger partial charge < -0.3 is 4.98 Å². The number of nitrogens with one attached hydrogen (secondary N) is 1. The Kier molecular flexibility index (Phi) is 2.42. The van der Waals surface area contributed by atoms with Crippen LogP contribution in [-0.4, -0.2) is 24.9 Å². The summed E-state index contributed by atoms with van der Waals surface area (Å²) < 4.78 is 0. The second-order valence-electron chi connectivity index (χ2n) is 4.59. The molecule has 4 aromatic rings. The van der Waals surface area contributed by atoms with Crippen LogP contribution < -0.4 is 0 Å². The molecule has 0 aliphatic rings. The van der Waals surface area contributed by atoms with Crippen molar-refractivity contribution in [2.45, 2.75) is 6.42 Å². The van der Waals surface area contributed by atoms with Crippen LogP contribution in [0.3, 0.4) is 0 Å². The maximum absolute atomic E-state index is 4.67. The predicted octanol–water partition coefficient (Wildman–Crippen LogP) is 2.49. The number of para-hydroxylation sites is 1. The van der Waals surface area contributed by atoms with Crippen molar-refractivity contribution in [3.8, 4) is 0 Å². The van der Waals surface area contributed by atoms with Crippen molar-refractivity contribution in [3.05, 3.63) is 60.6 Å². The van der Waals surface area contributed by atoms with Crippen molar-refractivity contribution < 1.29 is 0 Å². The Morgan fingerprint density at radius 3 is 2.85 bits per heavy atom. The molecule has 0 radical (unpaired) electrons. The maximum Gasteiger partial charge on any atom is 0.113 e.